The van der Waals surface area contributed by atoms with E-state index in [0.29, 0.717) is 22.5 Å². The molecular formula is C15H11ClN2O2S. The Balaban J connectivity index is 1.69. The monoisotopic (exact) mass is 318 g/mol. The van der Waals surface area contributed by atoms with E-state index >= 15 is 0 Å². The van der Waals surface area contributed by atoms with Crippen molar-refractivity contribution in [2.24, 2.45) is 0 Å². The highest BCUT2D eigenvalue weighted by molar-refractivity contribution is 7.98. The predicted molar refractivity (Wildman–Crippen MR) is 82.4 cm³/mol. The topological polar surface area (TPSA) is 59.2 Å². The van der Waals surface area contributed by atoms with Gasteiger partial charge in [0.2, 0.25) is 11.7 Å². The number of benzene rings is 2. The van der Waals surface area contributed by atoms with E-state index in [2.05, 4.69) is 10.1 Å². The largest absolute Gasteiger partial charge is 0.508 e. The van der Waals surface area contributed by atoms with Crippen molar-refractivity contribution in [3.8, 4) is 17.1 Å². The Hall–Kier alpha value is -1.98. The molecule has 0 aliphatic rings. The number of phenolic OH excluding ortho intramolecular Hbond substituents is 1. The molecule has 106 valence electrons. The zero-order valence-corrected chi connectivity index (χ0v) is 12.4. The van der Waals surface area contributed by atoms with Crippen LogP contribution in [-0.2, 0) is 5.75 Å². The molecular weight excluding hydrogens is 308 g/mol. The summed E-state index contributed by atoms with van der Waals surface area (Å²) in [5.74, 6) is 1.89. The van der Waals surface area contributed by atoms with E-state index < -0.39 is 0 Å². The van der Waals surface area contributed by atoms with E-state index in [9.17, 15) is 5.11 Å². The highest BCUT2D eigenvalue weighted by atomic mass is 35.5. The first-order valence-corrected chi connectivity index (χ1v) is 7.57. The fraction of sp³-hybridized carbons (Fsp3) is 0.0667. The summed E-state index contributed by atoms with van der Waals surface area (Å²) in [4.78, 5) is 5.37. The number of rotatable bonds is 4. The minimum absolute atomic E-state index is 0.250. The van der Waals surface area contributed by atoms with Crippen LogP contribution in [0.2, 0.25) is 5.02 Å². The van der Waals surface area contributed by atoms with Crippen LogP contribution in [0.4, 0.5) is 0 Å². The van der Waals surface area contributed by atoms with Gasteiger partial charge in [0.15, 0.2) is 0 Å². The molecule has 0 spiro atoms. The molecule has 21 heavy (non-hydrogen) atoms. The van der Waals surface area contributed by atoms with Crippen LogP contribution in [0.5, 0.6) is 5.75 Å². The van der Waals surface area contributed by atoms with Crippen molar-refractivity contribution in [1.82, 2.24) is 10.1 Å². The first-order valence-electron chi connectivity index (χ1n) is 6.21. The lowest BCUT2D eigenvalue weighted by Crippen LogP contribution is -1.83. The van der Waals surface area contributed by atoms with Gasteiger partial charge in [-0.1, -0.05) is 28.9 Å². The Kier molecular flexibility index (Phi) is 4.13. The SMILES string of the molecule is Oc1ccc(SCc2nc(-c3cccc(Cl)c3)no2)cc1. The van der Waals surface area contributed by atoms with Gasteiger partial charge in [-0.15, -0.1) is 11.8 Å². The number of halogens is 1. The van der Waals surface area contributed by atoms with Crippen LogP contribution >= 0.6 is 23.4 Å². The summed E-state index contributed by atoms with van der Waals surface area (Å²) in [6.07, 6.45) is 0. The van der Waals surface area contributed by atoms with Gasteiger partial charge < -0.3 is 9.63 Å². The van der Waals surface area contributed by atoms with Crippen LogP contribution in [0, 0.1) is 0 Å². The summed E-state index contributed by atoms with van der Waals surface area (Å²) in [5, 5.41) is 13.8. The van der Waals surface area contributed by atoms with E-state index in [4.69, 9.17) is 16.1 Å². The molecule has 0 saturated carbocycles. The third-order valence-electron chi connectivity index (χ3n) is 2.75. The molecule has 0 bridgehead atoms. The summed E-state index contributed by atoms with van der Waals surface area (Å²) >= 11 is 7.51. The third-order valence-corrected chi connectivity index (χ3v) is 3.98. The van der Waals surface area contributed by atoms with E-state index in [0.717, 1.165) is 10.5 Å². The molecule has 1 heterocycles. The van der Waals surface area contributed by atoms with Gasteiger partial charge in [-0.3, -0.25) is 0 Å². The molecule has 0 amide bonds. The number of aromatic hydroxyl groups is 1. The molecule has 6 heteroatoms. The summed E-state index contributed by atoms with van der Waals surface area (Å²) in [7, 11) is 0. The maximum Gasteiger partial charge on any atom is 0.237 e. The summed E-state index contributed by atoms with van der Waals surface area (Å²) < 4.78 is 5.23. The number of thioether (sulfide) groups is 1. The van der Waals surface area contributed by atoms with Gasteiger partial charge in [0.25, 0.3) is 0 Å². The second kappa shape index (κ2) is 6.20. The maximum atomic E-state index is 9.23. The second-order valence-corrected chi connectivity index (χ2v) is 5.79. The Morgan fingerprint density at radius 3 is 2.71 bits per heavy atom. The zero-order chi connectivity index (χ0) is 14.7. The average molecular weight is 319 g/mol. The van der Waals surface area contributed by atoms with Crippen molar-refractivity contribution in [3.05, 3.63) is 59.4 Å². The van der Waals surface area contributed by atoms with E-state index in [1.807, 2.05) is 24.3 Å². The molecule has 0 aliphatic carbocycles. The predicted octanol–water partition coefficient (Wildman–Crippen LogP) is 4.39. The Bertz CT molecular complexity index is 743. The number of hydrogen-bond acceptors (Lipinski definition) is 5. The van der Waals surface area contributed by atoms with Gasteiger partial charge in [0, 0.05) is 15.5 Å². The first kappa shape index (κ1) is 14.0. The molecule has 0 atom stereocenters. The van der Waals surface area contributed by atoms with Crippen molar-refractivity contribution < 1.29 is 9.63 Å². The van der Waals surface area contributed by atoms with E-state index in [1.165, 1.54) is 0 Å². The maximum absolute atomic E-state index is 9.23. The van der Waals surface area contributed by atoms with E-state index in [1.54, 1.807) is 36.0 Å². The number of phenols is 1. The molecule has 0 saturated heterocycles. The highest BCUT2D eigenvalue weighted by Crippen LogP contribution is 2.25. The molecule has 2 aromatic carbocycles. The van der Waals surface area contributed by atoms with Gasteiger partial charge in [-0.05, 0) is 36.4 Å². The van der Waals surface area contributed by atoms with Crippen LogP contribution in [0.25, 0.3) is 11.4 Å². The van der Waals surface area contributed by atoms with Crippen LogP contribution in [0.1, 0.15) is 5.89 Å². The number of nitrogens with zero attached hydrogens (tertiary/aromatic N) is 2. The number of hydrogen-bond donors (Lipinski definition) is 1. The van der Waals surface area contributed by atoms with Crippen molar-refractivity contribution in [1.29, 1.82) is 0 Å². The summed E-state index contributed by atoms with van der Waals surface area (Å²) in [5.41, 5.74) is 0.826. The molecule has 0 radical (unpaired) electrons. The average Bonchev–Trinajstić information content (AvgIpc) is 2.96. The zero-order valence-electron chi connectivity index (χ0n) is 10.9. The van der Waals surface area contributed by atoms with Gasteiger partial charge in [-0.2, -0.15) is 4.98 Å². The smallest absolute Gasteiger partial charge is 0.237 e. The Morgan fingerprint density at radius 2 is 1.95 bits per heavy atom. The third kappa shape index (κ3) is 3.56. The Labute approximate surface area is 130 Å². The van der Waals surface area contributed by atoms with Crippen molar-refractivity contribution in [2.75, 3.05) is 0 Å². The summed E-state index contributed by atoms with van der Waals surface area (Å²) in [6.45, 7) is 0. The lowest BCUT2D eigenvalue weighted by molar-refractivity contribution is 0.391. The molecule has 4 nitrogen and oxygen atoms in total. The molecule has 0 fully saturated rings. The van der Waals surface area contributed by atoms with Crippen LogP contribution in [0.15, 0.2) is 57.9 Å². The quantitative estimate of drug-likeness (QED) is 0.723. The van der Waals surface area contributed by atoms with Crippen molar-refractivity contribution in [3.63, 3.8) is 0 Å². The van der Waals surface area contributed by atoms with Crippen LogP contribution in [-0.4, -0.2) is 15.2 Å². The molecule has 1 N–H and O–H groups in total. The standard InChI is InChI=1S/C15H11ClN2O2S/c16-11-3-1-2-10(8-11)15-17-14(20-18-15)9-21-13-6-4-12(19)5-7-13/h1-8,19H,9H2. The lowest BCUT2D eigenvalue weighted by Gasteiger charge is -1.98. The first-order chi connectivity index (χ1) is 10.2. The van der Waals surface area contributed by atoms with Gasteiger partial charge in [0.1, 0.15) is 5.75 Å². The van der Waals surface area contributed by atoms with Crippen LogP contribution < -0.4 is 0 Å². The number of aromatic nitrogens is 2. The van der Waals surface area contributed by atoms with Gasteiger partial charge in [-0.25, -0.2) is 0 Å². The molecule has 3 aromatic rings. The molecule has 1 aromatic heterocycles. The van der Waals surface area contributed by atoms with Crippen LogP contribution in [0.3, 0.4) is 0 Å². The minimum Gasteiger partial charge on any atom is -0.508 e. The van der Waals surface area contributed by atoms with Gasteiger partial charge >= 0.3 is 0 Å². The van der Waals surface area contributed by atoms with Gasteiger partial charge in [0.05, 0.1) is 5.75 Å². The normalized spacial score (nSPS) is 10.7. The fourth-order valence-electron chi connectivity index (χ4n) is 1.75. The second-order valence-electron chi connectivity index (χ2n) is 4.30. The molecule has 0 unspecified atom stereocenters. The lowest BCUT2D eigenvalue weighted by atomic mass is 10.2. The molecule has 0 aliphatic heterocycles. The van der Waals surface area contributed by atoms with Crippen molar-refractivity contribution >= 4 is 23.4 Å². The fourth-order valence-corrected chi connectivity index (χ4v) is 2.67. The summed E-state index contributed by atoms with van der Waals surface area (Å²) in [6, 6.07) is 14.3. The minimum atomic E-state index is 0.250. The Morgan fingerprint density at radius 1 is 1.14 bits per heavy atom. The van der Waals surface area contributed by atoms with Crippen molar-refractivity contribution in [2.45, 2.75) is 10.6 Å². The highest BCUT2D eigenvalue weighted by Gasteiger charge is 2.09. The van der Waals surface area contributed by atoms with E-state index in [-0.39, 0.29) is 5.75 Å². The molecule has 3 rings (SSSR count).